The zero-order chi connectivity index (χ0) is 15.1. The smallest absolute Gasteiger partial charge is 0.249 e. The van der Waals surface area contributed by atoms with Gasteiger partial charge in [-0.1, -0.05) is 42.5 Å². The van der Waals surface area contributed by atoms with Crippen LogP contribution in [-0.4, -0.2) is 0 Å². The van der Waals surface area contributed by atoms with Crippen LogP contribution in [0.3, 0.4) is 0 Å². The third-order valence-electron chi connectivity index (χ3n) is 3.88. The Morgan fingerprint density at radius 2 is 1.59 bits per heavy atom. The Bertz CT molecular complexity index is 1050. The minimum absolute atomic E-state index is 0.719. The Morgan fingerprint density at radius 3 is 2.41 bits per heavy atom. The molecule has 0 N–H and O–H groups in total. The first-order chi connectivity index (χ1) is 10.7. The van der Waals surface area contributed by atoms with Crippen molar-refractivity contribution in [2.24, 2.45) is 0 Å². The molecule has 0 saturated carbocycles. The molecule has 3 aromatic carbocycles. The lowest BCUT2D eigenvalue weighted by Gasteiger charge is -2.06. The van der Waals surface area contributed by atoms with Crippen molar-refractivity contribution in [1.82, 2.24) is 0 Å². The maximum Gasteiger partial charge on any atom is 0.597 e. The highest BCUT2D eigenvalue weighted by molar-refractivity contribution is 7.37. The van der Waals surface area contributed by atoms with E-state index in [4.69, 9.17) is 4.20 Å². The fourth-order valence-corrected chi connectivity index (χ4v) is 3.96. The van der Waals surface area contributed by atoms with Gasteiger partial charge in [0.15, 0.2) is 0 Å². The summed E-state index contributed by atoms with van der Waals surface area (Å²) in [6, 6.07) is 22.0. The fourth-order valence-electron chi connectivity index (χ4n) is 2.90. The molecule has 0 amide bonds. The molecule has 1 aromatic heterocycles. The highest BCUT2D eigenvalue weighted by Gasteiger charge is 2.19. The summed E-state index contributed by atoms with van der Waals surface area (Å²) in [6.07, 6.45) is 0. The van der Waals surface area contributed by atoms with Crippen molar-refractivity contribution in [3.05, 3.63) is 72.3 Å². The summed E-state index contributed by atoms with van der Waals surface area (Å²) in [5.74, 6) is 0. The van der Waals surface area contributed by atoms with Gasteiger partial charge < -0.3 is 0 Å². The van der Waals surface area contributed by atoms with Gasteiger partial charge in [-0.2, -0.15) is 0 Å². The van der Waals surface area contributed by atoms with E-state index in [1.165, 1.54) is 0 Å². The monoisotopic (exact) mass is 305 g/mol. The number of aryl methyl sites for hydroxylation is 1. The SMILES string of the molecule is Cc1cc(-c2ccccc2)c2o[p+](=O)c3ccccc3c2c1. The molecule has 0 bridgehead atoms. The van der Waals surface area contributed by atoms with E-state index < -0.39 is 7.65 Å². The van der Waals surface area contributed by atoms with E-state index in [1.54, 1.807) is 0 Å². The Hall–Kier alpha value is -2.44. The number of rotatable bonds is 1. The second-order valence-electron chi connectivity index (χ2n) is 5.42. The Kier molecular flexibility index (Phi) is 3.06. The van der Waals surface area contributed by atoms with Crippen molar-refractivity contribution in [3.8, 4) is 11.1 Å². The normalized spacial score (nSPS) is 12.0. The molecule has 0 saturated heterocycles. The van der Waals surface area contributed by atoms with Gasteiger partial charge in [0, 0.05) is 16.3 Å². The van der Waals surface area contributed by atoms with Gasteiger partial charge in [-0.3, -0.25) is 0 Å². The highest BCUT2D eigenvalue weighted by Crippen LogP contribution is 2.40. The van der Waals surface area contributed by atoms with Gasteiger partial charge in [0.1, 0.15) is 0 Å². The average molecular weight is 305 g/mol. The molecule has 1 atom stereocenters. The van der Waals surface area contributed by atoms with E-state index in [2.05, 4.69) is 19.1 Å². The molecule has 22 heavy (non-hydrogen) atoms. The van der Waals surface area contributed by atoms with Crippen molar-refractivity contribution in [1.29, 1.82) is 0 Å². The second-order valence-corrected chi connectivity index (χ2v) is 6.60. The molecule has 0 radical (unpaired) electrons. The first-order valence-corrected chi connectivity index (χ1v) is 8.36. The zero-order valence-electron chi connectivity index (χ0n) is 12.1. The van der Waals surface area contributed by atoms with Crippen molar-refractivity contribution in [2.45, 2.75) is 6.92 Å². The number of fused-ring (bicyclic) bond motifs is 3. The summed E-state index contributed by atoms with van der Waals surface area (Å²) in [6.45, 7) is 2.07. The van der Waals surface area contributed by atoms with Crippen LogP contribution < -0.4 is 0 Å². The lowest BCUT2D eigenvalue weighted by atomic mass is 9.99. The first kappa shape index (κ1) is 13.2. The molecule has 0 aliphatic carbocycles. The Labute approximate surface area is 128 Å². The summed E-state index contributed by atoms with van der Waals surface area (Å²) in [4.78, 5) is 0. The summed E-state index contributed by atoms with van der Waals surface area (Å²) in [5, 5.41) is 2.80. The summed E-state index contributed by atoms with van der Waals surface area (Å²) < 4.78 is 18.3. The fraction of sp³-hybridized carbons (Fsp3) is 0.0526. The molecule has 3 heteroatoms. The van der Waals surface area contributed by atoms with E-state index >= 15 is 0 Å². The van der Waals surface area contributed by atoms with Gasteiger partial charge in [-0.15, -0.1) is 0 Å². The molecule has 4 rings (SSSR count). The van der Waals surface area contributed by atoms with Crippen LogP contribution in [-0.2, 0) is 4.57 Å². The van der Waals surface area contributed by atoms with Gasteiger partial charge >= 0.3 is 7.65 Å². The number of hydrogen-bond acceptors (Lipinski definition) is 2. The predicted octanol–water partition coefficient (Wildman–Crippen LogP) is 6.30. The quantitative estimate of drug-likeness (QED) is 0.386. The Balaban J connectivity index is 2.22. The van der Waals surface area contributed by atoms with Crippen LogP contribution >= 0.6 is 7.65 Å². The number of benzene rings is 3. The van der Waals surface area contributed by atoms with E-state index in [9.17, 15) is 4.57 Å². The van der Waals surface area contributed by atoms with Crippen molar-refractivity contribution < 1.29 is 8.76 Å². The average Bonchev–Trinajstić information content (AvgIpc) is 2.56. The topological polar surface area (TPSA) is 30.2 Å². The summed E-state index contributed by atoms with van der Waals surface area (Å²) >= 11 is 0. The Morgan fingerprint density at radius 1 is 0.864 bits per heavy atom. The van der Waals surface area contributed by atoms with Gasteiger partial charge in [-0.05, 0) is 46.9 Å². The first-order valence-electron chi connectivity index (χ1n) is 7.19. The maximum absolute atomic E-state index is 12.4. The molecule has 1 heterocycles. The molecule has 0 aliphatic heterocycles. The van der Waals surface area contributed by atoms with E-state index in [-0.39, 0.29) is 0 Å². The van der Waals surface area contributed by atoms with E-state index in [0.717, 1.165) is 38.2 Å². The molecule has 0 spiro atoms. The second kappa shape index (κ2) is 5.08. The van der Waals surface area contributed by atoms with Crippen LogP contribution in [0.1, 0.15) is 5.56 Å². The third kappa shape index (κ3) is 2.04. The summed E-state index contributed by atoms with van der Waals surface area (Å²) in [5.41, 5.74) is 3.95. The van der Waals surface area contributed by atoms with Gasteiger partial charge in [0.25, 0.3) is 0 Å². The molecular formula is C19H14O2P+. The van der Waals surface area contributed by atoms with Crippen LogP contribution in [0.2, 0.25) is 0 Å². The zero-order valence-corrected chi connectivity index (χ0v) is 13.0. The van der Waals surface area contributed by atoms with Crippen LogP contribution in [0.5, 0.6) is 0 Å². The molecule has 1 unspecified atom stereocenters. The van der Waals surface area contributed by atoms with Gasteiger partial charge in [0.05, 0.1) is 0 Å². The largest absolute Gasteiger partial charge is 0.597 e. The minimum atomic E-state index is -1.86. The summed E-state index contributed by atoms with van der Waals surface area (Å²) in [7, 11) is -1.86. The van der Waals surface area contributed by atoms with Crippen LogP contribution in [0.4, 0.5) is 0 Å². The third-order valence-corrected chi connectivity index (χ3v) is 5.01. The molecule has 4 aromatic rings. The van der Waals surface area contributed by atoms with E-state index in [0.29, 0.717) is 0 Å². The molecule has 2 nitrogen and oxygen atoms in total. The van der Waals surface area contributed by atoms with Crippen LogP contribution in [0, 0.1) is 6.92 Å². The maximum atomic E-state index is 12.4. The predicted molar refractivity (Wildman–Crippen MR) is 91.5 cm³/mol. The minimum Gasteiger partial charge on any atom is -0.249 e. The van der Waals surface area contributed by atoms with Crippen LogP contribution in [0.25, 0.3) is 32.6 Å². The molecule has 0 fully saturated rings. The van der Waals surface area contributed by atoms with Crippen molar-refractivity contribution >= 4 is 29.1 Å². The van der Waals surface area contributed by atoms with Gasteiger partial charge in [0.2, 0.25) is 10.7 Å². The van der Waals surface area contributed by atoms with Gasteiger partial charge in [-0.25, -0.2) is 4.20 Å². The standard InChI is InChI=1S/C19H14O2P/c1-13-11-16(14-7-3-2-4-8-14)19-17(12-13)15-9-5-6-10-18(15)22(20)21-19/h2-12H,1H3/q+1. The lowest BCUT2D eigenvalue weighted by Crippen LogP contribution is -1.84. The van der Waals surface area contributed by atoms with Crippen molar-refractivity contribution in [2.75, 3.05) is 0 Å². The van der Waals surface area contributed by atoms with E-state index in [1.807, 2.05) is 54.6 Å². The van der Waals surface area contributed by atoms with Crippen molar-refractivity contribution in [3.63, 3.8) is 0 Å². The molecule has 106 valence electrons. The molecule has 0 aliphatic rings. The van der Waals surface area contributed by atoms with Crippen LogP contribution in [0.15, 0.2) is 70.9 Å². The number of hydrogen-bond donors (Lipinski definition) is 0. The molecular weight excluding hydrogens is 291 g/mol. The lowest BCUT2D eigenvalue weighted by molar-refractivity contribution is 0.563. The highest BCUT2D eigenvalue weighted by atomic mass is 31.1.